The van der Waals surface area contributed by atoms with Gasteiger partial charge in [-0.15, -0.1) is 10.2 Å². The van der Waals surface area contributed by atoms with E-state index in [-0.39, 0.29) is 0 Å². The van der Waals surface area contributed by atoms with E-state index in [1.165, 1.54) is 4.80 Å². The Hall–Kier alpha value is -0.970. The molecule has 1 aliphatic rings. The van der Waals surface area contributed by atoms with Gasteiger partial charge in [0.05, 0.1) is 7.05 Å². The van der Waals surface area contributed by atoms with E-state index in [1.807, 2.05) is 0 Å². The average Bonchev–Trinajstić information content (AvgIpc) is 2.62. The third-order valence-electron chi connectivity index (χ3n) is 2.98. The zero-order chi connectivity index (χ0) is 9.42. The van der Waals surface area contributed by atoms with Crippen molar-refractivity contribution in [3.8, 4) is 0 Å². The van der Waals surface area contributed by atoms with E-state index < -0.39 is 0 Å². The van der Waals surface area contributed by atoms with Crippen LogP contribution in [0.1, 0.15) is 31.5 Å². The largest absolute Gasteiger partial charge is 0.327 e. The molecule has 5 heteroatoms. The van der Waals surface area contributed by atoms with Gasteiger partial charge in [0.1, 0.15) is 0 Å². The van der Waals surface area contributed by atoms with Crippen molar-refractivity contribution in [2.24, 2.45) is 18.7 Å². The van der Waals surface area contributed by atoms with Crippen molar-refractivity contribution in [1.29, 1.82) is 0 Å². The molecule has 0 spiro atoms. The predicted octanol–water partition coefficient (Wildman–Crippen LogP) is 0.0509. The molecule has 1 heterocycles. The molecule has 0 aromatic carbocycles. The molecule has 5 nitrogen and oxygen atoms in total. The fourth-order valence-electron chi connectivity index (χ4n) is 2.01. The van der Waals surface area contributed by atoms with Crippen molar-refractivity contribution in [2.75, 3.05) is 0 Å². The van der Waals surface area contributed by atoms with Crippen molar-refractivity contribution in [3.05, 3.63) is 5.82 Å². The minimum absolute atomic E-state index is 0.300. The van der Waals surface area contributed by atoms with Crippen molar-refractivity contribution in [1.82, 2.24) is 20.2 Å². The number of nitrogens with zero attached hydrogens (tertiary/aromatic N) is 4. The number of hydrogen-bond acceptors (Lipinski definition) is 4. The second kappa shape index (κ2) is 3.06. The maximum atomic E-state index is 5.93. The first-order chi connectivity index (χ1) is 6.18. The van der Waals surface area contributed by atoms with Gasteiger partial charge in [-0.05, 0) is 24.0 Å². The van der Waals surface area contributed by atoms with Crippen LogP contribution in [0.2, 0.25) is 0 Å². The Bertz CT molecular complexity index is 294. The summed E-state index contributed by atoms with van der Waals surface area (Å²) in [5.41, 5.74) is 5.93. The molecule has 0 aliphatic heterocycles. The van der Waals surface area contributed by atoms with E-state index in [1.54, 1.807) is 7.05 Å². The molecule has 0 bridgehead atoms. The minimum atomic E-state index is 0.300. The van der Waals surface area contributed by atoms with E-state index >= 15 is 0 Å². The fourth-order valence-corrected chi connectivity index (χ4v) is 2.01. The summed E-state index contributed by atoms with van der Waals surface area (Å²) in [5.74, 6) is 1.73. The number of hydrogen-bond donors (Lipinski definition) is 1. The van der Waals surface area contributed by atoms with Crippen LogP contribution in [0.4, 0.5) is 0 Å². The third-order valence-corrected chi connectivity index (χ3v) is 2.98. The van der Waals surface area contributed by atoms with Gasteiger partial charge in [-0.2, -0.15) is 4.80 Å². The van der Waals surface area contributed by atoms with E-state index in [4.69, 9.17) is 5.73 Å². The Morgan fingerprint density at radius 3 is 2.69 bits per heavy atom. The number of aryl methyl sites for hydroxylation is 1. The molecule has 2 N–H and O–H groups in total. The van der Waals surface area contributed by atoms with Crippen LogP contribution in [0, 0.1) is 5.92 Å². The molecule has 0 amide bonds. The molecule has 2 rings (SSSR count). The topological polar surface area (TPSA) is 69.6 Å². The van der Waals surface area contributed by atoms with Crippen molar-refractivity contribution in [3.63, 3.8) is 0 Å². The highest BCUT2D eigenvalue weighted by molar-refractivity contribution is 5.01. The molecule has 1 saturated carbocycles. The smallest absolute Gasteiger partial charge is 0.178 e. The third kappa shape index (κ3) is 1.44. The normalized spacial score (nSPS) is 33.9. The van der Waals surface area contributed by atoms with Crippen LogP contribution in [-0.2, 0) is 7.05 Å². The molecule has 3 unspecified atom stereocenters. The second-order valence-electron chi connectivity index (χ2n) is 3.84. The summed E-state index contributed by atoms with van der Waals surface area (Å²) in [4.78, 5) is 1.51. The van der Waals surface area contributed by atoms with Gasteiger partial charge in [-0.25, -0.2) is 0 Å². The molecular formula is C8H15N5. The van der Waals surface area contributed by atoms with Gasteiger partial charge in [-0.3, -0.25) is 0 Å². The Morgan fingerprint density at radius 2 is 2.23 bits per heavy atom. The van der Waals surface area contributed by atoms with Crippen molar-refractivity contribution < 1.29 is 0 Å². The summed E-state index contributed by atoms with van der Waals surface area (Å²) in [6.45, 7) is 2.17. The number of tetrazole rings is 1. The Kier molecular flexibility index (Phi) is 2.03. The zero-order valence-corrected chi connectivity index (χ0v) is 8.01. The molecule has 1 aliphatic carbocycles. The molecule has 0 saturated heterocycles. The average molecular weight is 181 g/mol. The lowest BCUT2D eigenvalue weighted by Gasteiger charge is -2.13. The lowest BCUT2D eigenvalue weighted by atomic mass is 9.96. The summed E-state index contributed by atoms with van der Waals surface area (Å²) in [6.07, 6.45) is 2.16. The SMILES string of the molecule is CC1C(N)CCC1c1nnn(C)n1. The van der Waals surface area contributed by atoms with Crippen molar-refractivity contribution in [2.45, 2.75) is 31.7 Å². The molecule has 3 atom stereocenters. The fraction of sp³-hybridized carbons (Fsp3) is 0.875. The maximum absolute atomic E-state index is 5.93. The first-order valence-electron chi connectivity index (χ1n) is 4.68. The molecule has 0 radical (unpaired) electrons. The summed E-state index contributed by atoms with van der Waals surface area (Å²) < 4.78 is 0. The predicted molar refractivity (Wildman–Crippen MR) is 47.9 cm³/mol. The van der Waals surface area contributed by atoms with E-state index in [0.717, 1.165) is 18.7 Å². The second-order valence-corrected chi connectivity index (χ2v) is 3.84. The van der Waals surface area contributed by atoms with Crippen LogP contribution in [-0.4, -0.2) is 26.2 Å². The Morgan fingerprint density at radius 1 is 1.46 bits per heavy atom. The van der Waals surface area contributed by atoms with Crippen LogP contribution in [0.5, 0.6) is 0 Å². The highest BCUT2D eigenvalue weighted by Gasteiger charge is 2.34. The van der Waals surface area contributed by atoms with Crippen LogP contribution in [0.15, 0.2) is 0 Å². The minimum Gasteiger partial charge on any atom is -0.327 e. The monoisotopic (exact) mass is 181 g/mol. The molecular weight excluding hydrogens is 166 g/mol. The van der Waals surface area contributed by atoms with Gasteiger partial charge in [0, 0.05) is 12.0 Å². The molecule has 1 aromatic heterocycles. The van der Waals surface area contributed by atoms with Crippen LogP contribution >= 0.6 is 0 Å². The first-order valence-corrected chi connectivity index (χ1v) is 4.68. The maximum Gasteiger partial charge on any atom is 0.178 e. The van der Waals surface area contributed by atoms with Gasteiger partial charge in [0.2, 0.25) is 0 Å². The van der Waals surface area contributed by atoms with E-state index in [2.05, 4.69) is 22.3 Å². The zero-order valence-electron chi connectivity index (χ0n) is 8.01. The molecule has 1 aromatic rings. The van der Waals surface area contributed by atoms with Crippen LogP contribution in [0.25, 0.3) is 0 Å². The first kappa shape index (κ1) is 8.62. The lowest BCUT2D eigenvalue weighted by molar-refractivity contribution is 0.463. The summed E-state index contributed by atoms with van der Waals surface area (Å²) in [5, 5.41) is 12.1. The Labute approximate surface area is 77.3 Å². The van der Waals surface area contributed by atoms with Crippen LogP contribution in [0.3, 0.4) is 0 Å². The van der Waals surface area contributed by atoms with Gasteiger partial charge >= 0.3 is 0 Å². The number of aromatic nitrogens is 4. The Balaban J connectivity index is 2.18. The van der Waals surface area contributed by atoms with E-state index in [0.29, 0.717) is 17.9 Å². The molecule has 1 fully saturated rings. The highest BCUT2D eigenvalue weighted by Crippen LogP contribution is 2.36. The summed E-state index contributed by atoms with van der Waals surface area (Å²) in [6, 6.07) is 0.300. The molecule has 13 heavy (non-hydrogen) atoms. The van der Waals surface area contributed by atoms with Gasteiger partial charge in [0.15, 0.2) is 5.82 Å². The standard InChI is InChI=1S/C8H15N5/c1-5-6(3-4-7(5)9)8-10-12-13(2)11-8/h5-7H,3-4,9H2,1-2H3. The van der Waals surface area contributed by atoms with Gasteiger partial charge < -0.3 is 5.73 Å². The lowest BCUT2D eigenvalue weighted by Crippen LogP contribution is -2.24. The quantitative estimate of drug-likeness (QED) is 0.664. The summed E-state index contributed by atoms with van der Waals surface area (Å²) >= 11 is 0. The highest BCUT2D eigenvalue weighted by atomic mass is 15.6. The van der Waals surface area contributed by atoms with Gasteiger partial charge in [-0.1, -0.05) is 6.92 Å². The number of nitrogens with two attached hydrogens (primary N) is 1. The van der Waals surface area contributed by atoms with Crippen molar-refractivity contribution >= 4 is 0 Å². The van der Waals surface area contributed by atoms with Gasteiger partial charge in [0.25, 0.3) is 0 Å². The molecule has 72 valence electrons. The van der Waals surface area contributed by atoms with Crippen LogP contribution < -0.4 is 5.73 Å². The number of rotatable bonds is 1. The van der Waals surface area contributed by atoms with E-state index in [9.17, 15) is 0 Å². The summed E-state index contributed by atoms with van der Waals surface area (Å²) in [7, 11) is 1.79.